The van der Waals surface area contributed by atoms with Gasteiger partial charge in [-0.2, -0.15) is 0 Å². The van der Waals surface area contributed by atoms with Crippen LogP contribution in [0.2, 0.25) is 0 Å². The van der Waals surface area contributed by atoms with Gasteiger partial charge < -0.3 is 9.64 Å². The molecule has 0 bridgehead atoms. The first-order valence-electron chi connectivity index (χ1n) is 8.71. The van der Waals surface area contributed by atoms with E-state index in [0.29, 0.717) is 19.7 Å². The normalized spacial score (nSPS) is 15.4. The molecular weight excluding hydrogens is 312 g/mol. The van der Waals surface area contributed by atoms with Crippen molar-refractivity contribution in [3.8, 4) is 0 Å². The Labute approximate surface area is 149 Å². The summed E-state index contributed by atoms with van der Waals surface area (Å²) in [6.45, 7) is 4.42. The monoisotopic (exact) mass is 336 g/mol. The lowest BCUT2D eigenvalue weighted by Gasteiger charge is -2.33. The predicted molar refractivity (Wildman–Crippen MR) is 100 cm³/mol. The van der Waals surface area contributed by atoms with E-state index in [1.54, 1.807) is 4.90 Å². The summed E-state index contributed by atoms with van der Waals surface area (Å²) in [5.41, 5.74) is 2.23. The molecule has 0 N–H and O–H groups in total. The molecule has 0 radical (unpaired) electrons. The number of carbonyl (C=O) groups excluding carboxylic acids is 1. The number of hydrogen-bond donors (Lipinski definition) is 0. The summed E-state index contributed by atoms with van der Waals surface area (Å²) in [4.78, 5) is 16.3. The molecule has 0 saturated carbocycles. The van der Waals surface area contributed by atoms with Crippen molar-refractivity contribution in [2.45, 2.75) is 6.61 Å². The molecule has 4 heteroatoms. The van der Waals surface area contributed by atoms with Gasteiger partial charge in [-0.05, 0) is 11.1 Å². The van der Waals surface area contributed by atoms with Gasteiger partial charge in [0.15, 0.2) is 0 Å². The highest BCUT2D eigenvalue weighted by Crippen LogP contribution is 2.08. The van der Waals surface area contributed by atoms with Gasteiger partial charge in [-0.1, -0.05) is 72.8 Å². The zero-order chi connectivity index (χ0) is 17.3. The fourth-order valence-electron chi connectivity index (χ4n) is 2.83. The average Bonchev–Trinajstić information content (AvgIpc) is 2.68. The number of rotatable bonds is 5. The second-order valence-corrected chi connectivity index (χ2v) is 6.14. The summed E-state index contributed by atoms with van der Waals surface area (Å²) in [5.74, 6) is 0. The molecule has 1 saturated heterocycles. The standard InChI is InChI=1S/C21H24N2O2/c24-21(25-18-20-10-5-2-6-11-20)23-16-14-22(15-17-23)13-7-12-19-8-3-1-4-9-19/h1-12H,13-18H2/b12-7+. The van der Waals surface area contributed by atoms with Crippen LogP contribution in [0.4, 0.5) is 4.79 Å². The van der Waals surface area contributed by atoms with Crippen molar-refractivity contribution in [3.05, 3.63) is 77.9 Å². The quantitative estimate of drug-likeness (QED) is 0.835. The number of ether oxygens (including phenoxy) is 1. The van der Waals surface area contributed by atoms with E-state index in [2.05, 4.69) is 29.2 Å². The van der Waals surface area contributed by atoms with Gasteiger partial charge in [0.1, 0.15) is 6.61 Å². The molecule has 1 heterocycles. The van der Waals surface area contributed by atoms with Gasteiger partial charge >= 0.3 is 6.09 Å². The summed E-state index contributed by atoms with van der Waals surface area (Å²) in [6, 6.07) is 20.1. The number of benzene rings is 2. The van der Waals surface area contributed by atoms with Crippen LogP contribution >= 0.6 is 0 Å². The van der Waals surface area contributed by atoms with Gasteiger partial charge in [0.05, 0.1) is 0 Å². The third-order valence-electron chi connectivity index (χ3n) is 4.31. The molecule has 4 nitrogen and oxygen atoms in total. The Hall–Kier alpha value is -2.59. The molecular formula is C21H24N2O2. The number of hydrogen-bond acceptors (Lipinski definition) is 3. The fourth-order valence-corrected chi connectivity index (χ4v) is 2.83. The molecule has 1 amide bonds. The molecule has 2 aromatic rings. The lowest BCUT2D eigenvalue weighted by molar-refractivity contribution is 0.0742. The minimum absolute atomic E-state index is 0.219. The molecule has 1 aliphatic rings. The summed E-state index contributed by atoms with van der Waals surface area (Å²) < 4.78 is 5.40. The van der Waals surface area contributed by atoms with Crippen LogP contribution in [0.1, 0.15) is 11.1 Å². The summed E-state index contributed by atoms with van der Waals surface area (Å²) in [5, 5.41) is 0. The smallest absolute Gasteiger partial charge is 0.410 e. The van der Waals surface area contributed by atoms with Crippen LogP contribution in [0.25, 0.3) is 6.08 Å². The second kappa shape index (κ2) is 9.04. The largest absolute Gasteiger partial charge is 0.445 e. The summed E-state index contributed by atoms with van der Waals surface area (Å²) >= 11 is 0. The van der Waals surface area contributed by atoms with Crippen molar-refractivity contribution in [2.75, 3.05) is 32.7 Å². The maximum Gasteiger partial charge on any atom is 0.410 e. The number of amides is 1. The molecule has 0 aromatic heterocycles. The molecule has 1 aliphatic heterocycles. The highest BCUT2D eigenvalue weighted by atomic mass is 16.6. The summed E-state index contributed by atoms with van der Waals surface area (Å²) in [7, 11) is 0. The van der Waals surface area contributed by atoms with E-state index < -0.39 is 0 Å². The molecule has 2 aromatic carbocycles. The minimum Gasteiger partial charge on any atom is -0.445 e. The zero-order valence-corrected chi connectivity index (χ0v) is 14.4. The Balaban J connectivity index is 1.38. The Kier molecular flexibility index (Phi) is 6.23. The third kappa shape index (κ3) is 5.47. The zero-order valence-electron chi connectivity index (χ0n) is 14.4. The van der Waals surface area contributed by atoms with Gasteiger partial charge in [-0.3, -0.25) is 4.90 Å². The molecule has 0 spiro atoms. The Morgan fingerprint density at radius 2 is 1.56 bits per heavy atom. The average molecular weight is 336 g/mol. The van der Waals surface area contributed by atoms with Crippen LogP contribution in [-0.4, -0.2) is 48.6 Å². The number of piperazine rings is 1. The highest BCUT2D eigenvalue weighted by Gasteiger charge is 2.21. The van der Waals surface area contributed by atoms with Crippen molar-refractivity contribution < 1.29 is 9.53 Å². The van der Waals surface area contributed by atoms with Gasteiger partial charge in [0, 0.05) is 32.7 Å². The maximum atomic E-state index is 12.1. The highest BCUT2D eigenvalue weighted by molar-refractivity contribution is 5.67. The van der Waals surface area contributed by atoms with Crippen LogP contribution in [0, 0.1) is 0 Å². The number of carbonyl (C=O) groups is 1. The van der Waals surface area contributed by atoms with E-state index >= 15 is 0 Å². The first kappa shape index (κ1) is 17.2. The van der Waals surface area contributed by atoms with Gasteiger partial charge in [-0.15, -0.1) is 0 Å². The molecule has 130 valence electrons. The minimum atomic E-state index is -0.219. The van der Waals surface area contributed by atoms with E-state index in [-0.39, 0.29) is 6.09 Å². The summed E-state index contributed by atoms with van der Waals surface area (Å²) in [6.07, 6.45) is 4.10. The van der Waals surface area contributed by atoms with E-state index in [9.17, 15) is 4.79 Å². The molecule has 25 heavy (non-hydrogen) atoms. The first-order chi connectivity index (χ1) is 12.3. The molecule has 0 atom stereocenters. The van der Waals surface area contributed by atoms with Crippen molar-refractivity contribution in [1.82, 2.24) is 9.80 Å². The molecule has 3 rings (SSSR count). The number of nitrogens with zero attached hydrogens (tertiary/aromatic N) is 2. The van der Waals surface area contributed by atoms with Gasteiger partial charge in [0.25, 0.3) is 0 Å². The third-order valence-corrected chi connectivity index (χ3v) is 4.31. The van der Waals surface area contributed by atoms with E-state index in [1.165, 1.54) is 5.56 Å². The second-order valence-electron chi connectivity index (χ2n) is 6.14. The Bertz CT molecular complexity index is 678. The fraction of sp³-hybridized carbons (Fsp3) is 0.286. The topological polar surface area (TPSA) is 32.8 Å². The Morgan fingerprint density at radius 1 is 0.920 bits per heavy atom. The van der Waals surface area contributed by atoms with Crippen LogP contribution in [0.3, 0.4) is 0 Å². The van der Waals surface area contributed by atoms with E-state index in [1.807, 2.05) is 48.5 Å². The van der Waals surface area contributed by atoms with Crippen LogP contribution in [0.15, 0.2) is 66.7 Å². The van der Waals surface area contributed by atoms with E-state index in [4.69, 9.17) is 4.74 Å². The molecule has 1 fully saturated rings. The van der Waals surface area contributed by atoms with Gasteiger partial charge in [-0.25, -0.2) is 4.79 Å². The predicted octanol–water partition coefficient (Wildman–Crippen LogP) is 3.65. The maximum absolute atomic E-state index is 12.1. The van der Waals surface area contributed by atoms with Crippen molar-refractivity contribution in [1.29, 1.82) is 0 Å². The van der Waals surface area contributed by atoms with E-state index in [0.717, 1.165) is 25.2 Å². The SMILES string of the molecule is O=C(OCc1ccccc1)N1CCN(C/C=C/c2ccccc2)CC1. The van der Waals surface area contributed by atoms with Crippen LogP contribution in [-0.2, 0) is 11.3 Å². The van der Waals surface area contributed by atoms with Crippen LogP contribution < -0.4 is 0 Å². The molecule has 0 aliphatic carbocycles. The lowest BCUT2D eigenvalue weighted by atomic mass is 10.2. The van der Waals surface area contributed by atoms with Gasteiger partial charge in [0.2, 0.25) is 0 Å². The van der Waals surface area contributed by atoms with Crippen molar-refractivity contribution in [3.63, 3.8) is 0 Å². The molecule has 0 unspecified atom stereocenters. The first-order valence-corrected chi connectivity index (χ1v) is 8.71. The van der Waals surface area contributed by atoms with Crippen molar-refractivity contribution in [2.24, 2.45) is 0 Å². The van der Waals surface area contributed by atoms with Crippen LogP contribution in [0.5, 0.6) is 0 Å². The van der Waals surface area contributed by atoms with Crippen molar-refractivity contribution >= 4 is 12.2 Å². The lowest BCUT2D eigenvalue weighted by Crippen LogP contribution is -2.48. The Morgan fingerprint density at radius 3 is 2.24 bits per heavy atom.